The minimum atomic E-state index is -0.407. The van der Waals surface area contributed by atoms with Gasteiger partial charge in [0.1, 0.15) is 11.3 Å². The maximum Gasteiger partial charge on any atom is 0.245 e. The number of hydrogen-bond donors (Lipinski definition) is 0. The largest absolute Gasteiger partial charge is 0.437 e. The van der Waals surface area contributed by atoms with Crippen LogP contribution < -0.4 is 0 Å². The van der Waals surface area contributed by atoms with Crippen molar-refractivity contribution >= 4 is 63.4 Å². The zero-order chi connectivity index (χ0) is 19.6. The molecule has 0 saturated heterocycles. The monoisotopic (exact) mass is 429 g/mol. The molecule has 3 aromatic heterocycles. The SMILES string of the molecule is Cn1c(-c2nccs2)nc2oc(C=C3C(=O)c4cc(Cl)c(Cl)cc4C3=O)cc21. The molecule has 6 nitrogen and oxygen atoms in total. The number of ketones is 2. The third-order valence-corrected chi connectivity index (χ3v) is 6.04. The molecule has 0 saturated carbocycles. The third kappa shape index (κ3) is 2.47. The quantitative estimate of drug-likeness (QED) is 0.328. The number of carbonyl (C=O) groups is 2. The fraction of sp³-hybridized carbons (Fsp3) is 0.0526. The average molecular weight is 430 g/mol. The molecule has 4 aromatic rings. The van der Waals surface area contributed by atoms with Crippen LogP contribution in [0, 0.1) is 0 Å². The summed E-state index contributed by atoms with van der Waals surface area (Å²) in [5, 5.41) is 3.10. The smallest absolute Gasteiger partial charge is 0.245 e. The Balaban J connectivity index is 1.57. The summed E-state index contributed by atoms with van der Waals surface area (Å²) >= 11 is 13.4. The summed E-state index contributed by atoms with van der Waals surface area (Å²) in [5.41, 5.74) is 1.63. The fourth-order valence-electron chi connectivity index (χ4n) is 3.18. The number of rotatable bonds is 2. The molecule has 1 aliphatic rings. The summed E-state index contributed by atoms with van der Waals surface area (Å²) in [7, 11) is 1.85. The highest BCUT2D eigenvalue weighted by molar-refractivity contribution is 7.13. The molecule has 28 heavy (non-hydrogen) atoms. The van der Waals surface area contributed by atoms with Crippen molar-refractivity contribution in [1.82, 2.24) is 14.5 Å². The molecule has 0 atom stereocenters. The van der Waals surface area contributed by atoms with Gasteiger partial charge in [0.25, 0.3) is 0 Å². The average Bonchev–Trinajstić information content (AvgIpc) is 3.41. The molecule has 0 N–H and O–H groups in total. The predicted octanol–water partition coefficient (Wildman–Crippen LogP) is 5.06. The first-order valence-electron chi connectivity index (χ1n) is 8.10. The molecule has 1 aliphatic carbocycles. The van der Waals surface area contributed by atoms with Crippen LogP contribution in [0.5, 0.6) is 0 Å². The molecule has 0 radical (unpaired) electrons. The van der Waals surface area contributed by atoms with Crippen LogP contribution in [0.25, 0.3) is 28.1 Å². The lowest BCUT2D eigenvalue weighted by Gasteiger charge is -1.98. The Hall–Kier alpha value is -2.74. The molecular weight excluding hydrogens is 421 g/mol. The lowest BCUT2D eigenvalue weighted by molar-refractivity contribution is 0.0990. The van der Waals surface area contributed by atoms with Gasteiger partial charge < -0.3 is 8.98 Å². The van der Waals surface area contributed by atoms with E-state index in [2.05, 4.69) is 9.97 Å². The molecule has 9 heteroatoms. The summed E-state index contributed by atoms with van der Waals surface area (Å²) in [6.45, 7) is 0. The first-order chi connectivity index (χ1) is 13.4. The van der Waals surface area contributed by atoms with Crippen LogP contribution in [0.2, 0.25) is 10.0 Å². The predicted molar refractivity (Wildman–Crippen MR) is 107 cm³/mol. The standard InChI is InChI=1S/C19H9Cl2N3O3S/c1-24-14-5-8(27-18(14)23-17(24)19-22-2-3-28-19)4-11-15(25)9-6-12(20)13(21)7-10(9)16(11)26/h2-7H,1H3. The van der Waals surface area contributed by atoms with Gasteiger partial charge in [-0.3, -0.25) is 9.59 Å². The van der Waals surface area contributed by atoms with Crippen molar-refractivity contribution in [3.8, 4) is 10.8 Å². The molecule has 0 unspecified atom stereocenters. The Morgan fingerprint density at radius 2 is 1.79 bits per heavy atom. The van der Waals surface area contributed by atoms with Crippen LogP contribution >= 0.6 is 34.5 Å². The van der Waals surface area contributed by atoms with Crippen molar-refractivity contribution in [3.63, 3.8) is 0 Å². The van der Waals surface area contributed by atoms with E-state index in [-0.39, 0.29) is 26.7 Å². The van der Waals surface area contributed by atoms with Gasteiger partial charge in [0, 0.05) is 35.8 Å². The molecule has 1 aromatic carbocycles. The molecule has 3 heterocycles. The fourth-order valence-corrected chi connectivity index (χ4v) is 4.17. The van der Waals surface area contributed by atoms with Gasteiger partial charge in [0.05, 0.1) is 15.6 Å². The maximum atomic E-state index is 12.6. The summed E-state index contributed by atoms with van der Waals surface area (Å²) in [6.07, 6.45) is 3.14. The molecule has 0 fully saturated rings. The van der Waals surface area contributed by atoms with Crippen molar-refractivity contribution in [2.75, 3.05) is 0 Å². The number of imidazole rings is 1. The van der Waals surface area contributed by atoms with Crippen LogP contribution in [-0.2, 0) is 7.05 Å². The van der Waals surface area contributed by atoms with E-state index in [0.29, 0.717) is 17.3 Å². The van der Waals surface area contributed by atoms with Crippen molar-refractivity contribution in [2.24, 2.45) is 7.05 Å². The maximum absolute atomic E-state index is 12.6. The number of aryl methyl sites for hydroxylation is 1. The number of fused-ring (bicyclic) bond motifs is 2. The zero-order valence-electron chi connectivity index (χ0n) is 14.2. The Morgan fingerprint density at radius 3 is 2.36 bits per heavy atom. The normalized spacial score (nSPS) is 13.6. The number of furan rings is 1. The van der Waals surface area contributed by atoms with E-state index >= 15 is 0 Å². The summed E-state index contributed by atoms with van der Waals surface area (Å²) in [4.78, 5) is 34.0. The van der Waals surface area contributed by atoms with E-state index in [9.17, 15) is 9.59 Å². The number of carbonyl (C=O) groups excluding carboxylic acids is 2. The van der Waals surface area contributed by atoms with Gasteiger partial charge in [-0.15, -0.1) is 11.3 Å². The number of aromatic nitrogens is 3. The van der Waals surface area contributed by atoms with Gasteiger partial charge in [-0.25, -0.2) is 4.98 Å². The molecule has 0 amide bonds. The van der Waals surface area contributed by atoms with E-state index in [1.807, 2.05) is 17.0 Å². The Labute approximate surface area is 172 Å². The van der Waals surface area contributed by atoms with Crippen LogP contribution in [0.15, 0.2) is 39.8 Å². The highest BCUT2D eigenvalue weighted by Gasteiger charge is 2.34. The van der Waals surface area contributed by atoms with Crippen molar-refractivity contribution in [1.29, 1.82) is 0 Å². The Kier molecular flexibility index (Phi) is 3.80. The number of allylic oxidation sites excluding steroid dienone is 1. The zero-order valence-corrected chi connectivity index (χ0v) is 16.5. The number of nitrogens with zero attached hydrogens (tertiary/aromatic N) is 3. The molecule has 0 aliphatic heterocycles. The summed E-state index contributed by atoms with van der Waals surface area (Å²) in [6, 6.07) is 4.57. The van der Waals surface area contributed by atoms with E-state index in [1.54, 1.807) is 12.3 Å². The molecule has 0 bridgehead atoms. The minimum Gasteiger partial charge on any atom is -0.437 e. The summed E-state index contributed by atoms with van der Waals surface area (Å²) < 4.78 is 7.60. The molecular formula is C19H9Cl2N3O3S. The first-order valence-corrected chi connectivity index (χ1v) is 9.74. The second-order valence-corrected chi connectivity index (χ2v) is 7.91. The van der Waals surface area contributed by atoms with Crippen LogP contribution in [-0.4, -0.2) is 26.1 Å². The van der Waals surface area contributed by atoms with Crippen LogP contribution in [0.4, 0.5) is 0 Å². The number of hydrogen-bond acceptors (Lipinski definition) is 6. The van der Waals surface area contributed by atoms with Crippen LogP contribution in [0.1, 0.15) is 26.5 Å². The van der Waals surface area contributed by atoms with Gasteiger partial charge in [0.15, 0.2) is 22.4 Å². The van der Waals surface area contributed by atoms with E-state index < -0.39 is 11.6 Å². The molecule has 138 valence electrons. The van der Waals surface area contributed by atoms with Crippen LogP contribution in [0.3, 0.4) is 0 Å². The lowest BCUT2D eigenvalue weighted by atomic mass is 10.1. The minimum absolute atomic E-state index is 0.00698. The second kappa shape index (κ2) is 6.13. The highest BCUT2D eigenvalue weighted by atomic mass is 35.5. The highest BCUT2D eigenvalue weighted by Crippen LogP contribution is 2.35. The Morgan fingerprint density at radius 1 is 1.11 bits per heavy atom. The first kappa shape index (κ1) is 17.4. The third-order valence-electron chi connectivity index (χ3n) is 4.55. The van der Waals surface area contributed by atoms with E-state index in [1.165, 1.54) is 29.5 Å². The second-order valence-electron chi connectivity index (χ2n) is 6.20. The van der Waals surface area contributed by atoms with Gasteiger partial charge in [-0.2, -0.15) is 4.98 Å². The van der Waals surface area contributed by atoms with Crippen molar-refractivity contribution < 1.29 is 14.0 Å². The van der Waals surface area contributed by atoms with Gasteiger partial charge in [-0.1, -0.05) is 23.2 Å². The van der Waals surface area contributed by atoms with E-state index in [0.717, 1.165) is 10.5 Å². The summed E-state index contributed by atoms with van der Waals surface area (Å²) in [5.74, 6) is 0.235. The number of halogens is 2. The topological polar surface area (TPSA) is 78.0 Å². The van der Waals surface area contributed by atoms with Gasteiger partial charge >= 0.3 is 0 Å². The molecule has 0 spiro atoms. The molecule has 5 rings (SSSR count). The van der Waals surface area contributed by atoms with Gasteiger partial charge in [-0.05, 0) is 18.2 Å². The van der Waals surface area contributed by atoms with Gasteiger partial charge in [0.2, 0.25) is 5.71 Å². The Bertz CT molecular complexity index is 1290. The van der Waals surface area contributed by atoms with Crippen molar-refractivity contribution in [2.45, 2.75) is 0 Å². The van der Waals surface area contributed by atoms with E-state index in [4.69, 9.17) is 27.6 Å². The lowest BCUT2D eigenvalue weighted by Crippen LogP contribution is -1.99. The number of thiazole rings is 1. The number of benzene rings is 1. The van der Waals surface area contributed by atoms with Crippen molar-refractivity contribution in [3.05, 3.63) is 62.3 Å². The number of Topliss-reactive ketones (excluding diaryl/α,β-unsaturated/α-hetero) is 2.